The van der Waals surface area contributed by atoms with E-state index in [0.717, 1.165) is 48.7 Å². The van der Waals surface area contributed by atoms with Gasteiger partial charge in [-0.05, 0) is 74.1 Å². The number of aryl methyl sites for hydroxylation is 1. The Kier molecular flexibility index (Phi) is 7.98. The molecule has 5 aromatic rings. The first kappa shape index (κ1) is 32.3. The van der Waals surface area contributed by atoms with Crippen molar-refractivity contribution in [2.24, 2.45) is 12.5 Å². The number of ether oxygens (including phenoxy) is 2. The van der Waals surface area contributed by atoms with E-state index in [0.29, 0.717) is 79.4 Å². The van der Waals surface area contributed by atoms with Gasteiger partial charge in [-0.2, -0.15) is 10.2 Å². The largest absolute Gasteiger partial charge is 0.485 e. The normalized spacial score (nSPS) is 20.7. The molecule has 0 radical (unpaired) electrons. The zero-order valence-corrected chi connectivity index (χ0v) is 29.3. The fourth-order valence-electron chi connectivity index (χ4n) is 7.64. The summed E-state index contributed by atoms with van der Waals surface area (Å²) < 4.78 is 13.2. The van der Waals surface area contributed by atoms with Crippen LogP contribution in [0.5, 0.6) is 11.6 Å². The second kappa shape index (κ2) is 12.9. The van der Waals surface area contributed by atoms with Crippen molar-refractivity contribution in [1.82, 2.24) is 44.7 Å². The Morgan fingerprint density at radius 3 is 2.58 bits per heavy atom. The smallest absolute Gasteiger partial charge is 0.257 e. The summed E-state index contributed by atoms with van der Waals surface area (Å²) in [5, 5.41) is 11.9. The highest BCUT2D eigenvalue weighted by Crippen LogP contribution is 2.43. The molecule has 4 aromatic heterocycles. The van der Waals surface area contributed by atoms with Gasteiger partial charge in [-0.15, -0.1) is 0 Å². The zero-order chi connectivity index (χ0) is 35.4. The molecule has 7 heterocycles. The van der Waals surface area contributed by atoms with Gasteiger partial charge < -0.3 is 14.4 Å². The molecular formula is C38H40N10O4. The summed E-state index contributed by atoms with van der Waals surface area (Å²) in [6, 6.07) is 15.8. The molecule has 0 unspecified atom stereocenters. The van der Waals surface area contributed by atoms with Crippen molar-refractivity contribution in [2.45, 2.75) is 38.2 Å². The number of carbonyl (C=O) groups is 2. The number of likely N-dealkylation sites (tertiary alicyclic amines) is 1. The van der Waals surface area contributed by atoms with Crippen LogP contribution < -0.4 is 14.4 Å². The quantitative estimate of drug-likeness (QED) is 0.238. The molecule has 1 atom stereocenters. The van der Waals surface area contributed by atoms with Crippen LogP contribution in [0.25, 0.3) is 39.4 Å². The van der Waals surface area contributed by atoms with Gasteiger partial charge in [0.05, 0.1) is 36.4 Å². The van der Waals surface area contributed by atoms with Crippen LogP contribution in [0, 0.1) is 5.41 Å². The lowest BCUT2D eigenvalue weighted by Crippen LogP contribution is -2.43. The third-order valence-corrected chi connectivity index (χ3v) is 10.7. The van der Waals surface area contributed by atoms with Gasteiger partial charge in [0.1, 0.15) is 23.4 Å². The molecule has 1 N–H and O–H groups in total. The summed E-state index contributed by atoms with van der Waals surface area (Å²) in [5.41, 5.74) is 5.41. The lowest BCUT2D eigenvalue weighted by Gasteiger charge is -2.29. The number of amides is 2. The SMILES string of the molecule is COc1nc(-c2n[nH]c3ccc(N4CC[C@]5(CCN(CC(=O)N6CC=C(c7ccc(-c8ncn(C)n8)cc7)CC6)C5)C4=O)nc23)ccc1OC1CC1. The molecule has 1 aromatic carbocycles. The highest BCUT2D eigenvalue weighted by atomic mass is 16.5. The average molecular weight is 701 g/mol. The predicted molar refractivity (Wildman–Crippen MR) is 193 cm³/mol. The van der Waals surface area contributed by atoms with Gasteiger partial charge in [0.25, 0.3) is 5.88 Å². The first-order valence-electron chi connectivity index (χ1n) is 17.9. The third kappa shape index (κ3) is 5.96. The number of nitrogens with zero attached hydrogens (tertiary/aromatic N) is 9. The van der Waals surface area contributed by atoms with Crippen LogP contribution in [0.4, 0.5) is 5.82 Å². The van der Waals surface area contributed by atoms with E-state index in [1.165, 1.54) is 5.57 Å². The van der Waals surface area contributed by atoms with E-state index < -0.39 is 5.41 Å². The Hall–Kier alpha value is -5.63. The number of hydrogen-bond donors (Lipinski definition) is 1. The molecule has 2 saturated heterocycles. The second-order valence-corrected chi connectivity index (χ2v) is 14.2. The molecular weight excluding hydrogens is 660 g/mol. The number of carbonyl (C=O) groups excluding carboxylic acids is 2. The lowest BCUT2D eigenvalue weighted by molar-refractivity contribution is -0.132. The Morgan fingerprint density at radius 2 is 1.83 bits per heavy atom. The minimum Gasteiger partial charge on any atom is -0.485 e. The van der Waals surface area contributed by atoms with Gasteiger partial charge in [0, 0.05) is 38.8 Å². The molecule has 4 aliphatic rings. The molecule has 9 rings (SSSR count). The van der Waals surface area contributed by atoms with Crippen LogP contribution >= 0.6 is 0 Å². The van der Waals surface area contributed by atoms with Gasteiger partial charge in [-0.3, -0.25) is 29.2 Å². The maximum Gasteiger partial charge on any atom is 0.257 e. The number of methoxy groups -OCH3 is 1. The van der Waals surface area contributed by atoms with Crippen LogP contribution in [0.15, 0.2) is 60.9 Å². The predicted octanol–water partition coefficient (Wildman–Crippen LogP) is 4.11. The maximum absolute atomic E-state index is 14.1. The number of H-pyrrole nitrogens is 1. The molecule has 14 nitrogen and oxygen atoms in total. The van der Waals surface area contributed by atoms with Crippen molar-refractivity contribution in [2.75, 3.05) is 51.3 Å². The van der Waals surface area contributed by atoms with Crippen molar-refractivity contribution >= 4 is 34.2 Å². The minimum atomic E-state index is -0.519. The van der Waals surface area contributed by atoms with Gasteiger partial charge in [0.2, 0.25) is 11.8 Å². The van der Waals surface area contributed by atoms with E-state index >= 15 is 0 Å². The van der Waals surface area contributed by atoms with E-state index in [-0.39, 0.29) is 17.9 Å². The second-order valence-electron chi connectivity index (χ2n) is 14.2. The standard InChI is InChI=1S/C38H40N10O4/c1-45-23-39-35(44-45)26-5-3-24(4-6-26)25-13-17-47(18-14-25)32(49)21-46-19-15-38(22-46)16-20-48(37(38)50)31-12-10-29-33(41-31)34(43-42-29)28-9-11-30(36(40-28)51-2)52-27-7-8-27/h3-6,9-13,23,27H,7-8,14-22H2,1-2H3,(H,42,43)/t38-/m0/s1. The van der Waals surface area contributed by atoms with Crippen LogP contribution in [-0.4, -0.2) is 109 Å². The van der Waals surface area contributed by atoms with Crippen molar-refractivity contribution < 1.29 is 19.1 Å². The third-order valence-electron chi connectivity index (χ3n) is 10.7. The molecule has 1 aliphatic carbocycles. The maximum atomic E-state index is 14.1. The molecule has 1 spiro atoms. The molecule has 3 fully saturated rings. The van der Waals surface area contributed by atoms with Crippen LogP contribution in [0.1, 0.15) is 37.7 Å². The van der Waals surface area contributed by atoms with Crippen LogP contribution in [0.3, 0.4) is 0 Å². The lowest BCUT2D eigenvalue weighted by atomic mass is 9.85. The van der Waals surface area contributed by atoms with Crippen molar-refractivity contribution in [1.29, 1.82) is 0 Å². The first-order chi connectivity index (χ1) is 25.4. The first-order valence-corrected chi connectivity index (χ1v) is 17.9. The monoisotopic (exact) mass is 700 g/mol. The van der Waals surface area contributed by atoms with E-state index in [1.807, 2.05) is 48.3 Å². The fourth-order valence-corrected chi connectivity index (χ4v) is 7.64. The fraction of sp³-hybridized carbons (Fsp3) is 0.395. The van der Waals surface area contributed by atoms with Crippen molar-refractivity contribution in [3.8, 4) is 34.4 Å². The Balaban J connectivity index is 0.835. The van der Waals surface area contributed by atoms with E-state index in [4.69, 9.17) is 14.5 Å². The summed E-state index contributed by atoms with van der Waals surface area (Å²) in [6.07, 6.45) is 8.39. The number of rotatable bonds is 9. The van der Waals surface area contributed by atoms with Gasteiger partial charge in [0.15, 0.2) is 11.6 Å². The topological polar surface area (TPSA) is 147 Å². The Morgan fingerprint density at radius 1 is 1.00 bits per heavy atom. The Labute approximate surface area is 300 Å². The summed E-state index contributed by atoms with van der Waals surface area (Å²) >= 11 is 0. The number of aromatic amines is 1. The summed E-state index contributed by atoms with van der Waals surface area (Å²) in [5.74, 6) is 2.48. The van der Waals surface area contributed by atoms with Gasteiger partial charge in [-0.1, -0.05) is 30.3 Å². The Bertz CT molecular complexity index is 2210. The molecule has 52 heavy (non-hydrogen) atoms. The molecule has 266 valence electrons. The number of fused-ring (bicyclic) bond motifs is 1. The van der Waals surface area contributed by atoms with Gasteiger partial charge >= 0.3 is 0 Å². The summed E-state index contributed by atoms with van der Waals surface area (Å²) in [4.78, 5) is 47.3. The molecule has 2 amide bonds. The van der Waals surface area contributed by atoms with Crippen LogP contribution in [0.2, 0.25) is 0 Å². The highest BCUT2D eigenvalue weighted by Gasteiger charge is 2.51. The highest BCUT2D eigenvalue weighted by molar-refractivity contribution is 6.01. The number of anilines is 1. The number of hydrogen-bond acceptors (Lipinski definition) is 10. The van der Waals surface area contributed by atoms with Crippen molar-refractivity contribution in [3.05, 3.63) is 66.5 Å². The van der Waals surface area contributed by atoms with Gasteiger partial charge in [-0.25, -0.2) is 15.0 Å². The average Bonchev–Trinajstić information content (AvgIpc) is 3.45. The van der Waals surface area contributed by atoms with E-state index in [9.17, 15) is 9.59 Å². The minimum absolute atomic E-state index is 0.0658. The van der Waals surface area contributed by atoms with E-state index in [1.54, 1.807) is 23.0 Å². The molecule has 1 saturated carbocycles. The molecule has 14 heteroatoms. The number of benzene rings is 1. The number of aromatic nitrogens is 7. The van der Waals surface area contributed by atoms with Crippen molar-refractivity contribution in [3.63, 3.8) is 0 Å². The van der Waals surface area contributed by atoms with E-state index in [2.05, 4.69) is 48.4 Å². The zero-order valence-electron chi connectivity index (χ0n) is 29.3. The van der Waals surface area contributed by atoms with Crippen LogP contribution in [-0.2, 0) is 16.6 Å². The molecule has 0 bridgehead atoms. The summed E-state index contributed by atoms with van der Waals surface area (Å²) in [6.45, 7) is 3.42. The number of nitrogens with one attached hydrogen (secondary N) is 1. The molecule has 3 aliphatic heterocycles. The number of pyridine rings is 2. The summed E-state index contributed by atoms with van der Waals surface area (Å²) in [7, 11) is 3.43.